The van der Waals surface area contributed by atoms with Gasteiger partial charge < -0.3 is 5.11 Å². The molecule has 0 atom stereocenters. The van der Waals surface area contributed by atoms with Crippen molar-refractivity contribution in [2.24, 2.45) is 0 Å². The highest BCUT2D eigenvalue weighted by atomic mass is 35.5. The van der Waals surface area contributed by atoms with Crippen molar-refractivity contribution in [3.63, 3.8) is 0 Å². The van der Waals surface area contributed by atoms with E-state index in [2.05, 4.69) is 10.1 Å². The summed E-state index contributed by atoms with van der Waals surface area (Å²) in [5.74, 6) is 0.550. The molecule has 0 aromatic carbocycles. The summed E-state index contributed by atoms with van der Waals surface area (Å²) in [6.45, 7) is 0. The van der Waals surface area contributed by atoms with Crippen LogP contribution in [0.1, 0.15) is 21.7 Å². The molecule has 0 unspecified atom stereocenters. The predicted molar refractivity (Wildman–Crippen MR) is 60.0 cm³/mol. The van der Waals surface area contributed by atoms with Gasteiger partial charge in [-0.15, -0.1) is 0 Å². The quantitative estimate of drug-likeness (QED) is 0.788. The molecule has 0 bridgehead atoms. The van der Waals surface area contributed by atoms with E-state index in [4.69, 9.17) is 16.7 Å². The van der Waals surface area contributed by atoms with E-state index in [1.807, 2.05) is 0 Å². The molecule has 0 aliphatic carbocycles. The Hall–Kier alpha value is -1.27. The lowest BCUT2D eigenvalue weighted by Crippen LogP contribution is -2.01. The molecule has 82 valence electrons. The second-order valence-electron chi connectivity index (χ2n) is 3.43. The molecule has 5 nitrogen and oxygen atoms in total. The molecule has 1 aliphatic rings. The van der Waals surface area contributed by atoms with Crippen molar-refractivity contribution in [2.45, 2.75) is 11.5 Å². The van der Waals surface area contributed by atoms with Gasteiger partial charge in [0.15, 0.2) is 11.3 Å². The highest BCUT2D eigenvalue weighted by molar-refractivity contribution is 7.98. The maximum absolute atomic E-state index is 10.8. The van der Waals surface area contributed by atoms with Gasteiger partial charge in [0.05, 0.1) is 5.69 Å². The van der Waals surface area contributed by atoms with Crippen LogP contribution in [0.15, 0.2) is 6.07 Å². The average Bonchev–Trinajstić information content (AvgIpc) is 2.83. The monoisotopic (exact) mass is 255 g/mol. The van der Waals surface area contributed by atoms with Gasteiger partial charge >= 0.3 is 5.97 Å². The number of thioether (sulfide) groups is 1. The van der Waals surface area contributed by atoms with Crippen LogP contribution >= 0.6 is 23.4 Å². The van der Waals surface area contributed by atoms with Crippen molar-refractivity contribution in [2.75, 3.05) is 0 Å². The third-order valence-electron chi connectivity index (χ3n) is 2.43. The minimum Gasteiger partial charge on any atom is -0.476 e. The smallest absolute Gasteiger partial charge is 0.356 e. The summed E-state index contributed by atoms with van der Waals surface area (Å²) >= 11 is 7.90. The molecule has 2 aromatic heterocycles. The van der Waals surface area contributed by atoms with Crippen LogP contribution in [0.25, 0.3) is 5.65 Å². The topological polar surface area (TPSA) is 67.5 Å². The molecule has 16 heavy (non-hydrogen) atoms. The van der Waals surface area contributed by atoms with Gasteiger partial charge in [-0.2, -0.15) is 16.9 Å². The molecule has 3 rings (SSSR count). The first kappa shape index (κ1) is 9.92. The third kappa shape index (κ3) is 1.30. The lowest BCUT2D eigenvalue weighted by molar-refractivity contribution is 0.0690. The molecule has 0 amide bonds. The molecule has 1 aliphatic heterocycles. The second-order valence-corrected chi connectivity index (χ2v) is 4.77. The van der Waals surface area contributed by atoms with Crippen molar-refractivity contribution in [1.82, 2.24) is 14.6 Å². The highest BCUT2D eigenvalue weighted by Gasteiger charge is 2.21. The molecule has 0 fully saturated rings. The second kappa shape index (κ2) is 3.36. The first-order valence-corrected chi connectivity index (χ1v) is 6.08. The molecule has 0 spiro atoms. The van der Waals surface area contributed by atoms with Gasteiger partial charge in [0.2, 0.25) is 0 Å². The number of hydrogen-bond donors (Lipinski definition) is 1. The van der Waals surface area contributed by atoms with Crippen LogP contribution in [-0.4, -0.2) is 25.7 Å². The van der Waals surface area contributed by atoms with E-state index in [9.17, 15) is 4.79 Å². The van der Waals surface area contributed by atoms with E-state index in [1.165, 1.54) is 10.6 Å². The van der Waals surface area contributed by atoms with Gasteiger partial charge in [-0.1, -0.05) is 11.6 Å². The summed E-state index contributed by atoms with van der Waals surface area (Å²) in [4.78, 5) is 15.1. The zero-order valence-corrected chi connectivity index (χ0v) is 9.55. The Balaban J connectivity index is 2.32. The SMILES string of the molecule is O=C(O)c1cc2nc3c(c(Cl)n2n1)CSC3. The number of carboxylic acids is 1. The Morgan fingerprint density at radius 2 is 2.38 bits per heavy atom. The highest BCUT2D eigenvalue weighted by Crippen LogP contribution is 2.33. The van der Waals surface area contributed by atoms with E-state index < -0.39 is 5.97 Å². The Kier molecular flexibility index (Phi) is 2.08. The van der Waals surface area contributed by atoms with Gasteiger partial charge in [0, 0.05) is 23.1 Å². The fourth-order valence-corrected chi connectivity index (χ4v) is 3.09. The Bertz CT molecular complexity index is 610. The molecule has 3 heterocycles. The Morgan fingerprint density at radius 1 is 1.56 bits per heavy atom. The Morgan fingerprint density at radius 3 is 3.12 bits per heavy atom. The van der Waals surface area contributed by atoms with Gasteiger partial charge in [0.1, 0.15) is 5.15 Å². The molecule has 0 saturated heterocycles. The maximum Gasteiger partial charge on any atom is 0.356 e. The van der Waals surface area contributed by atoms with Crippen LogP contribution in [0.2, 0.25) is 5.15 Å². The first-order valence-electron chi connectivity index (χ1n) is 4.55. The minimum atomic E-state index is -1.07. The van der Waals surface area contributed by atoms with Crippen molar-refractivity contribution in [3.05, 3.63) is 28.2 Å². The van der Waals surface area contributed by atoms with Crippen LogP contribution in [0.3, 0.4) is 0 Å². The largest absolute Gasteiger partial charge is 0.476 e. The van der Waals surface area contributed by atoms with Gasteiger partial charge in [-0.25, -0.2) is 14.3 Å². The number of carboxylic acid groups (broad SMARTS) is 1. The molecule has 7 heteroatoms. The molecule has 0 radical (unpaired) electrons. The molecular formula is C9H6ClN3O2S. The van der Waals surface area contributed by atoms with E-state index >= 15 is 0 Å². The minimum absolute atomic E-state index is 0.0364. The van der Waals surface area contributed by atoms with Crippen LogP contribution < -0.4 is 0 Å². The van der Waals surface area contributed by atoms with Gasteiger partial charge in [-0.05, 0) is 0 Å². The fourth-order valence-electron chi connectivity index (χ4n) is 1.66. The predicted octanol–water partition coefficient (Wildman–Crippen LogP) is 1.83. The van der Waals surface area contributed by atoms with E-state index in [-0.39, 0.29) is 5.69 Å². The lowest BCUT2D eigenvalue weighted by Gasteiger charge is -2.02. The molecular weight excluding hydrogens is 250 g/mol. The number of rotatable bonds is 1. The van der Waals surface area contributed by atoms with Crippen molar-refractivity contribution in [1.29, 1.82) is 0 Å². The van der Waals surface area contributed by atoms with Crippen LogP contribution in [0, 0.1) is 0 Å². The summed E-state index contributed by atoms with van der Waals surface area (Å²) in [6, 6.07) is 1.43. The number of hydrogen-bond acceptors (Lipinski definition) is 4. The number of nitrogens with zero attached hydrogens (tertiary/aromatic N) is 3. The zero-order chi connectivity index (χ0) is 11.3. The van der Waals surface area contributed by atoms with Crippen molar-refractivity contribution < 1.29 is 9.90 Å². The van der Waals surface area contributed by atoms with E-state index in [0.29, 0.717) is 10.8 Å². The van der Waals surface area contributed by atoms with E-state index in [1.54, 1.807) is 11.8 Å². The average molecular weight is 256 g/mol. The zero-order valence-electron chi connectivity index (χ0n) is 7.97. The molecule has 0 saturated carbocycles. The summed E-state index contributed by atoms with van der Waals surface area (Å²) in [5.41, 5.74) is 2.34. The molecule has 1 N–H and O–H groups in total. The standard InChI is InChI=1S/C9H6ClN3O2S/c10-8-4-2-16-3-6(4)11-7-1-5(9(14)15)12-13(7)8/h1H,2-3H2,(H,14,15). The number of fused-ring (bicyclic) bond motifs is 2. The Labute approximate surface area is 99.4 Å². The van der Waals surface area contributed by atoms with Crippen LogP contribution in [-0.2, 0) is 11.5 Å². The number of aromatic carboxylic acids is 1. The summed E-state index contributed by atoms with van der Waals surface area (Å²) in [7, 11) is 0. The summed E-state index contributed by atoms with van der Waals surface area (Å²) in [6.07, 6.45) is 0. The van der Waals surface area contributed by atoms with Gasteiger partial charge in [0.25, 0.3) is 0 Å². The summed E-state index contributed by atoms with van der Waals surface area (Å²) < 4.78 is 1.38. The normalized spacial score (nSPS) is 14.3. The number of halogens is 1. The maximum atomic E-state index is 10.8. The number of aromatic nitrogens is 3. The van der Waals surface area contributed by atoms with Crippen LogP contribution in [0.4, 0.5) is 0 Å². The lowest BCUT2D eigenvalue weighted by atomic mass is 10.3. The third-order valence-corrected chi connectivity index (χ3v) is 3.79. The number of carbonyl (C=O) groups is 1. The van der Waals surface area contributed by atoms with Crippen LogP contribution in [0.5, 0.6) is 0 Å². The summed E-state index contributed by atoms with van der Waals surface area (Å²) in [5, 5.41) is 13.2. The fraction of sp³-hybridized carbons (Fsp3) is 0.222. The van der Waals surface area contributed by atoms with Crippen molar-refractivity contribution in [3.8, 4) is 0 Å². The first-order chi connectivity index (χ1) is 7.66. The molecule has 2 aromatic rings. The van der Waals surface area contributed by atoms with Crippen molar-refractivity contribution >= 4 is 35.0 Å². The van der Waals surface area contributed by atoms with Gasteiger partial charge in [-0.3, -0.25) is 0 Å². The van der Waals surface area contributed by atoms with E-state index in [0.717, 1.165) is 22.8 Å².